The van der Waals surface area contributed by atoms with Gasteiger partial charge in [-0.15, -0.1) is 0 Å². The Hall–Kier alpha value is -4.46. The molecule has 3 rings (SSSR count). The molecule has 0 aliphatic heterocycles. The quantitative estimate of drug-likeness (QED) is 0.183. The molecule has 34 heavy (non-hydrogen) atoms. The number of ether oxygens (including phenoxy) is 2. The molecule has 0 aliphatic rings. The van der Waals surface area contributed by atoms with Crippen LogP contribution in [0.5, 0.6) is 11.5 Å². The highest BCUT2D eigenvalue weighted by molar-refractivity contribution is 6.39. The van der Waals surface area contributed by atoms with E-state index in [1.807, 2.05) is 38.1 Å². The van der Waals surface area contributed by atoms with E-state index in [2.05, 4.69) is 15.8 Å². The maximum absolute atomic E-state index is 12.5. The van der Waals surface area contributed by atoms with Gasteiger partial charge in [0, 0.05) is 5.69 Å². The van der Waals surface area contributed by atoms with Gasteiger partial charge >= 0.3 is 17.8 Å². The van der Waals surface area contributed by atoms with E-state index in [4.69, 9.17) is 9.47 Å². The number of anilines is 1. The Balaban J connectivity index is 1.62. The second-order valence-electron chi connectivity index (χ2n) is 7.28. The van der Waals surface area contributed by atoms with E-state index >= 15 is 0 Å². The number of nitrogens with one attached hydrogen (secondary N) is 2. The number of hydrogen-bond donors (Lipinski definition) is 2. The van der Waals surface area contributed by atoms with E-state index in [9.17, 15) is 14.4 Å². The number of methoxy groups -OCH3 is 1. The third-order valence-corrected chi connectivity index (χ3v) is 4.99. The van der Waals surface area contributed by atoms with E-state index in [1.54, 1.807) is 42.5 Å². The first kappa shape index (κ1) is 24.2. The first-order valence-electron chi connectivity index (χ1n) is 10.6. The van der Waals surface area contributed by atoms with Crippen LogP contribution in [0.2, 0.25) is 0 Å². The summed E-state index contributed by atoms with van der Waals surface area (Å²) in [5.74, 6) is -1.68. The van der Waals surface area contributed by atoms with Crippen molar-refractivity contribution < 1.29 is 23.9 Å². The number of benzene rings is 3. The molecular weight excluding hydrogens is 434 g/mol. The van der Waals surface area contributed by atoms with Crippen LogP contribution < -0.4 is 20.2 Å². The van der Waals surface area contributed by atoms with Crippen LogP contribution in [0.3, 0.4) is 0 Å². The lowest BCUT2D eigenvalue weighted by molar-refractivity contribution is -0.136. The lowest BCUT2D eigenvalue weighted by Gasteiger charge is -2.11. The molecule has 0 bridgehead atoms. The summed E-state index contributed by atoms with van der Waals surface area (Å²) in [5.41, 5.74) is 5.51. The molecule has 0 fully saturated rings. The Labute approximate surface area is 197 Å². The molecule has 0 saturated heterocycles. The van der Waals surface area contributed by atoms with Crippen molar-refractivity contribution >= 4 is 29.7 Å². The molecule has 0 spiro atoms. The van der Waals surface area contributed by atoms with E-state index in [0.29, 0.717) is 29.0 Å². The fraction of sp³-hybridized carbons (Fsp3) is 0.154. The maximum atomic E-state index is 12.5. The van der Waals surface area contributed by atoms with Gasteiger partial charge in [0.25, 0.3) is 0 Å². The van der Waals surface area contributed by atoms with Crippen LogP contribution in [0.1, 0.15) is 34.0 Å². The summed E-state index contributed by atoms with van der Waals surface area (Å²) in [7, 11) is 1.45. The Morgan fingerprint density at radius 2 is 1.68 bits per heavy atom. The number of hydrazone groups is 1. The molecule has 8 heteroatoms. The van der Waals surface area contributed by atoms with Crippen LogP contribution in [0.15, 0.2) is 71.8 Å². The SMILES string of the molecule is CCc1ccccc1NC(=O)C(=O)N/N=C/c1ccc(OC(=O)c2ccccc2C)c(OC)c1. The van der Waals surface area contributed by atoms with E-state index < -0.39 is 17.8 Å². The van der Waals surface area contributed by atoms with Gasteiger partial charge in [0.15, 0.2) is 11.5 Å². The zero-order chi connectivity index (χ0) is 24.5. The summed E-state index contributed by atoms with van der Waals surface area (Å²) >= 11 is 0. The summed E-state index contributed by atoms with van der Waals surface area (Å²) in [5, 5.41) is 6.40. The summed E-state index contributed by atoms with van der Waals surface area (Å²) in [4.78, 5) is 36.7. The first-order chi connectivity index (χ1) is 16.4. The molecule has 2 N–H and O–H groups in total. The molecule has 0 heterocycles. The predicted octanol–water partition coefficient (Wildman–Crippen LogP) is 3.87. The average molecular weight is 460 g/mol. The van der Waals surface area contributed by atoms with Crippen molar-refractivity contribution in [1.82, 2.24) is 5.43 Å². The Morgan fingerprint density at radius 3 is 2.41 bits per heavy atom. The summed E-state index contributed by atoms with van der Waals surface area (Å²) in [6.45, 7) is 3.78. The third-order valence-electron chi connectivity index (χ3n) is 4.99. The zero-order valence-corrected chi connectivity index (χ0v) is 19.1. The molecule has 3 aromatic rings. The molecule has 0 aliphatic carbocycles. The molecule has 174 valence electrons. The van der Waals surface area contributed by atoms with Crippen molar-refractivity contribution in [3.63, 3.8) is 0 Å². The smallest absolute Gasteiger partial charge is 0.343 e. The molecular formula is C26H25N3O5. The number of esters is 1. The number of amides is 2. The van der Waals surface area contributed by atoms with Gasteiger partial charge in [-0.1, -0.05) is 43.3 Å². The number of hydrogen-bond acceptors (Lipinski definition) is 6. The van der Waals surface area contributed by atoms with Gasteiger partial charge in [-0.25, -0.2) is 10.2 Å². The minimum Gasteiger partial charge on any atom is -0.493 e. The van der Waals surface area contributed by atoms with Crippen molar-refractivity contribution in [3.05, 3.63) is 89.0 Å². The molecule has 3 aromatic carbocycles. The fourth-order valence-electron chi connectivity index (χ4n) is 3.15. The van der Waals surface area contributed by atoms with E-state index in [-0.39, 0.29) is 5.75 Å². The highest BCUT2D eigenvalue weighted by Crippen LogP contribution is 2.28. The predicted molar refractivity (Wildman–Crippen MR) is 129 cm³/mol. The Morgan fingerprint density at radius 1 is 0.941 bits per heavy atom. The highest BCUT2D eigenvalue weighted by atomic mass is 16.6. The monoisotopic (exact) mass is 459 g/mol. The fourth-order valence-corrected chi connectivity index (χ4v) is 3.15. The lowest BCUT2D eigenvalue weighted by atomic mass is 10.1. The van der Waals surface area contributed by atoms with Crippen LogP contribution in [0.4, 0.5) is 5.69 Å². The van der Waals surface area contributed by atoms with Gasteiger partial charge in [-0.2, -0.15) is 5.10 Å². The van der Waals surface area contributed by atoms with E-state index in [0.717, 1.165) is 11.1 Å². The standard InChI is InChI=1S/C26H25N3O5/c1-4-19-10-6-8-12-21(19)28-24(30)25(31)29-27-16-18-13-14-22(23(15-18)33-3)34-26(32)20-11-7-5-9-17(20)2/h5-16H,4H2,1-3H3,(H,28,30)(H,29,31)/b27-16+. The normalized spacial score (nSPS) is 10.6. The largest absolute Gasteiger partial charge is 0.493 e. The molecule has 0 saturated carbocycles. The highest BCUT2D eigenvalue weighted by Gasteiger charge is 2.16. The number of rotatable bonds is 7. The minimum absolute atomic E-state index is 0.242. The van der Waals surface area contributed by atoms with Gasteiger partial charge in [0.05, 0.1) is 18.9 Å². The first-order valence-corrected chi connectivity index (χ1v) is 10.6. The van der Waals surface area contributed by atoms with Crippen LogP contribution in [-0.4, -0.2) is 31.1 Å². The topological polar surface area (TPSA) is 106 Å². The number of carbonyl (C=O) groups is 3. The van der Waals surface area contributed by atoms with Crippen LogP contribution in [0.25, 0.3) is 0 Å². The average Bonchev–Trinajstić information content (AvgIpc) is 2.85. The number of para-hydroxylation sites is 1. The second kappa shape index (κ2) is 11.4. The molecule has 0 unspecified atom stereocenters. The van der Waals surface area contributed by atoms with Crippen LogP contribution in [-0.2, 0) is 16.0 Å². The van der Waals surface area contributed by atoms with Gasteiger partial charge in [-0.05, 0) is 60.4 Å². The van der Waals surface area contributed by atoms with Crippen molar-refractivity contribution in [1.29, 1.82) is 0 Å². The number of carbonyl (C=O) groups excluding carboxylic acids is 3. The molecule has 2 amide bonds. The lowest BCUT2D eigenvalue weighted by Crippen LogP contribution is -2.32. The molecule has 0 radical (unpaired) electrons. The summed E-state index contributed by atoms with van der Waals surface area (Å²) in [6.07, 6.45) is 2.06. The van der Waals surface area contributed by atoms with Gasteiger partial charge < -0.3 is 14.8 Å². The third kappa shape index (κ3) is 6.07. The van der Waals surface area contributed by atoms with Crippen LogP contribution >= 0.6 is 0 Å². The van der Waals surface area contributed by atoms with Gasteiger partial charge in [0.1, 0.15) is 0 Å². The summed E-state index contributed by atoms with van der Waals surface area (Å²) < 4.78 is 10.8. The second-order valence-corrected chi connectivity index (χ2v) is 7.28. The molecule has 0 aromatic heterocycles. The number of nitrogens with zero attached hydrogens (tertiary/aromatic N) is 1. The van der Waals surface area contributed by atoms with Gasteiger partial charge in [-0.3, -0.25) is 9.59 Å². The summed E-state index contributed by atoms with van der Waals surface area (Å²) in [6, 6.07) is 19.1. The van der Waals surface area contributed by atoms with Crippen molar-refractivity contribution in [2.24, 2.45) is 5.10 Å². The zero-order valence-electron chi connectivity index (χ0n) is 19.1. The van der Waals surface area contributed by atoms with Gasteiger partial charge in [0.2, 0.25) is 0 Å². The van der Waals surface area contributed by atoms with Crippen LogP contribution in [0, 0.1) is 6.92 Å². The Bertz CT molecular complexity index is 1240. The van der Waals surface area contributed by atoms with E-state index in [1.165, 1.54) is 13.3 Å². The molecule has 0 atom stereocenters. The van der Waals surface area contributed by atoms with Crippen molar-refractivity contribution in [3.8, 4) is 11.5 Å². The maximum Gasteiger partial charge on any atom is 0.343 e. The van der Waals surface area contributed by atoms with Crippen molar-refractivity contribution in [2.45, 2.75) is 20.3 Å². The minimum atomic E-state index is -0.905. The number of aryl methyl sites for hydroxylation is 2. The van der Waals surface area contributed by atoms with Crippen molar-refractivity contribution in [2.75, 3.05) is 12.4 Å². The molecule has 8 nitrogen and oxygen atoms in total. The Kier molecular flexibility index (Phi) is 8.12.